The van der Waals surface area contributed by atoms with Crippen molar-refractivity contribution in [1.82, 2.24) is 25.6 Å². The van der Waals surface area contributed by atoms with Crippen molar-refractivity contribution in [1.29, 1.82) is 0 Å². The van der Waals surface area contributed by atoms with Crippen molar-refractivity contribution in [3.8, 4) is 11.5 Å². The van der Waals surface area contributed by atoms with Gasteiger partial charge in [-0.1, -0.05) is 24.8 Å². The summed E-state index contributed by atoms with van der Waals surface area (Å²) in [5.41, 5.74) is 1.88. The molecule has 0 aliphatic carbocycles. The number of nitrogens with zero attached hydrogens (tertiary/aromatic N) is 4. The molecule has 0 fully saturated rings. The third kappa shape index (κ3) is 2.12. The summed E-state index contributed by atoms with van der Waals surface area (Å²) >= 11 is 0. The van der Waals surface area contributed by atoms with Gasteiger partial charge >= 0.3 is 0 Å². The number of fused-ring (bicyclic) bond motifs is 1. The molecule has 2 aromatic heterocycles. The summed E-state index contributed by atoms with van der Waals surface area (Å²) < 4.78 is 0. The Morgan fingerprint density at radius 3 is 2.95 bits per heavy atom. The minimum atomic E-state index is -0.291. The zero-order valence-electron chi connectivity index (χ0n) is 10.4. The summed E-state index contributed by atoms with van der Waals surface area (Å²) in [6.45, 7) is 3.44. The molecule has 0 aliphatic heterocycles. The van der Waals surface area contributed by atoms with Gasteiger partial charge in [0.15, 0.2) is 0 Å². The lowest BCUT2D eigenvalue weighted by atomic mass is 10.1. The number of benzene rings is 1. The predicted octanol–water partition coefficient (Wildman–Crippen LogP) is 1.54. The molecule has 0 spiro atoms. The Hall–Kier alpha value is -3.09. The number of hydrogen-bond donors (Lipinski definition) is 2. The van der Waals surface area contributed by atoms with Crippen LogP contribution in [-0.4, -0.2) is 31.5 Å². The first-order valence-corrected chi connectivity index (χ1v) is 5.85. The van der Waals surface area contributed by atoms with E-state index in [1.54, 1.807) is 6.07 Å². The van der Waals surface area contributed by atoms with Crippen LogP contribution >= 0.6 is 0 Å². The second-order valence-electron chi connectivity index (χ2n) is 4.00. The molecule has 0 saturated heterocycles. The van der Waals surface area contributed by atoms with Gasteiger partial charge in [0.05, 0.1) is 11.2 Å². The number of H-pyrrole nitrogens is 1. The van der Waals surface area contributed by atoms with Crippen molar-refractivity contribution in [2.75, 3.05) is 5.32 Å². The number of tetrazole rings is 1. The summed E-state index contributed by atoms with van der Waals surface area (Å²) in [5, 5.41) is 17.2. The number of para-hydroxylation sites is 1. The van der Waals surface area contributed by atoms with E-state index in [2.05, 4.69) is 37.5 Å². The van der Waals surface area contributed by atoms with Gasteiger partial charge in [-0.05, 0) is 23.4 Å². The number of hydrogen-bond acceptors (Lipinski definition) is 5. The molecule has 2 heterocycles. The monoisotopic (exact) mass is 266 g/mol. The van der Waals surface area contributed by atoms with E-state index in [9.17, 15) is 4.79 Å². The van der Waals surface area contributed by atoms with E-state index in [0.717, 1.165) is 10.9 Å². The van der Waals surface area contributed by atoms with E-state index < -0.39 is 0 Å². The third-order valence-electron chi connectivity index (χ3n) is 2.73. The number of aromatic nitrogens is 5. The summed E-state index contributed by atoms with van der Waals surface area (Å²) in [7, 11) is 0. The average molecular weight is 266 g/mol. The summed E-state index contributed by atoms with van der Waals surface area (Å²) in [6.07, 6.45) is 1.21. The van der Waals surface area contributed by atoms with Crippen LogP contribution < -0.4 is 5.32 Å². The van der Waals surface area contributed by atoms with E-state index in [1.807, 2.05) is 24.3 Å². The Morgan fingerprint density at radius 2 is 2.20 bits per heavy atom. The van der Waals surface area contributed by atoms with Crippen LogP contribution in [0.15, 0.2) is 43.0 Å². The highest BCUT2D eigenvalue weighted by molar-refractivity contribution is 6.05. The van der Waals surface area contributed by atoms with E-state index in [-0.39, 0.29) is 5.91 Å². The van der Waals surface area contributed by atoms with Crippen molar-refractivity contribution < 1.29 is 4.79 Å². The van der Waals surface area contributed by atoms with Gasteiger partial charge in [-0.2, -0.15) is 5.21 Å². The average Bonchev–Trinajstić information content (AvgIpc) is 3.01. The van der Waals surface area contributed by atoms with Gasteiger partial charge in [-0.3, -0.25) is 4.79 Å². The van der Waals surface area contributed by atoms with E-state index in [1.165, 1.54) is 6.08 Å². The van der Waals surface area contributed by atoms with Crippen molar-refractivity contribution >= 4 is 22.5 Å². The molecule has 2 N–H and O–H groups in total. The SMILES string of the molecule is C=CC(=O)Nc1cc(-c2nn[nH]n2)nc2ccccc12. The van der Waals surface area contributed by atoms with E-state index >= 15 is 0 Å². The molecule has 0 bridgehead atoms. The minimum absolute atomic E-state index is 0.291. The van der Waals surface area contributed by atoms with Crippen LogP contribution in [0.4, 0.5) is 5.69 Å². The number of pyridine rings is 1. The number of carbonyl (C=O) groups is 1. The van der Waals surface area contributed by atoms with Crippen LogP contribution in [0.5, 0.6) is 0 Å². The standard InChI is InChI=1S/C13H10N6O/c1-2-12(20)15-10-7-11(13-16-18-19-17-13)14-9-6-4-3-5-8(9)10/h2-7H,1H2,(H,14,15,20)(H,16,17,18,19). The maximum absolute atomic E-state index is 11.5. The van der Waals surface area contributed by atoms with Crippen molar-refractivity contribution in [3.05, 3.63) is 43.0 Å². The summed E-state index contributed by atoms with van der Waals surface area (Å²) in [4.78, 5) is 16.0. The highest BCUT2D eigenvalue weighted by Crippen LogP contribution is 2.26. The summed E-state index contributed by atoms with van der Waals surface area (Å²) in [6, 6.07) is 9.17. The normalized spacial score (nSPS) is 10.4. The van der Waals surface area contributed by atoms with Gasteiger partial charge in [-0.15, -0.1) is 10.2 Å². The molecule has 0 saturated carbocycles. The quantitative estimate of drug-likeness (QED) is 0.701. The number of anilines is 1. The van der Waals surface area contributed by atoms with Gasteiger partial charge in [0, 0.05) is 5.39 Å². The highest BCUT2D eigenvalue weighted by atomic mass is 16.1. The van der Waals surface area contributed by atoms with E-state index in [4.69, 9.17) is 0 Å². The number of nitrogens with one attached hydrogen (secondary N) is 2. The fourth-order valence-electron chi connectivity index (χ4n) is 1.85. The maximum Gasteiger partial charge on any atom is 0.247 e. The lowest BCUT2D eigenvalue weighted by Crippen LogP contribution is -2.08. The van der Waals surface area contributed by atoms with Crippen LogP contribution in [0.1, 0.15) is 0 Å². The topological polar surface area (TPSA) is 96.5 Å². The van der Waals surface area contributed by atoms with Crippen LogP contribution in [0.2, 0.25) is 0 Å². The molecule has 0 unspecified atom stereocenters. The van der Waals surface area contributed by atoms with Gasteiger partial charge in [0.25, 0.3) is 0 Å². The highest BCUT2D eigenvalue weighted by Gasteiger charge is 2.11. The predicted molar refractivity (Wildman–Crippen MR) is 73.7 cm³/mol. The fourth-order valence-corrected chi connectivity index (χ4v) is 1.85. The molecular formula is C13H10N6O. The lowest BCUT2D eigenvalue weighted by molar-refractivity contribution is -0.111. The van der Waals surface area contributed by atoms with E-state index in [0.29, 0.717) is 17.2 Å². The van der Waals surface area contributed by atoms with Gasteiger partial charge in [0.1, 0.15) is 5.69 Å². The molecular weight excluding hydrogens is 256 g/mol. The first-order chi connectivity index (χ1) is 9.78. The van der Waals surface area contributed by atoms with Crippen LogP contribution in [-0.2, 0) is 4.79 Å². The first kappa shape index (κ1) is 12.0. The van der Waals surface area contributed by atoms with Crippen LogP contribution in [0.25, 0.3) is 22.4 Å². The second-order valence-corrected chi connectivity index (χ2v) is 4.00. The molecule has 3 aromatic rings. The zero-order chi connectivity index (χ0) is 13.9. The Morgan fingerprint density at radius 1 is 1.35 bits per heavy atom. The third-order valence-corrected chi connectivity index (χ3v) is 2.73. The Bertz CT molecular complexity index is 781. The molecule has 1 amide bonds. The fraction of sp³-hybridized carbons (Fsp3) is 0. The lowest BCUT2D eigenvalue weighted by Gasteiger charge is -2.08. The minimum Gasteiger partial charge on any atom is -0.322 e. The Balaban J connectivity index is 2.19. The number of carbonyl (C=O) groups excluding carboxylic acids is 1. The number of amides is 1. The van der Waals surface area contributed by atoms with Gasteiger partial charge in [0.2, 0.25) is 11.7 Å². The molecule has 98 valence electrons. The number of aromatic amines is 1. The van der Waals surface area contributed by atoms with Gasteiger partial charge in [-0.25, -0.2) is 4.98 Å². The summed E-state index contributed by atoms with van der Waals surface area (Å²) in [5.74, 6) is 0.0743. The number of rotatable bonds is 3. The van der Waals surface area contributed by atoms with Crippen molar-refractivity contribution in [2.24, 2.45) is 0 Å². The molecule has 1 aromatic carbocycles. The zero-order valence-corrected chi connectivity index (χ0v) is 10.4. The second kappa shape index (κ2) is 4.88. The first-order valence-electron chi connectivity index (χ1n) is 5.85. The Labute approximate surface area is 113 Å². The molecule has 0 atom stereocenters. The molecule has 20 heavy (non-hydrogen) atoms. The smallest absolute Gasteiger partial charge is 0.247 e. The van der Waals surface area contributed by atoms with Gasteiger partial charge < -0.3 is 5.32 Å². The maximum atomic E-state index is 11.5. The molecule has 3 rings (SSSR count). The molecule has 7 nitrogen and oxygen atoms in total. The largest absolute Gasteiger partial charge is 0.322 e. The van der Waals surface area contributed by atoms with Crippen LogP contribution in [0, 0.1) is 0 Å². The molecule has 0 radical (unpaired) electrons. The Kier molecular flexibility index (Phi) is 2.92. The van der Waals surface area contributed by atoms with Crippen molar-refractivity contribution in [2.45, 2.75) is 0 Å². The van der Waals surface area contributed by atoms with Crippen molar-refractivity contribution in [3.63, 3.8) is 0 Å². The molecule has 0 aliphatic rings. The van der Waals surface area contributed by atoms with Crippen LogP contribution in [0.3, 0.4) is 0 Å². The molecule has 7 heteroatoms.